The number of aryl methyl sites for hydroxylation is 1. The standard InChI is InChI=1S/C19H19ClN6O2S2.C3H7NO/c20-11-7-5-10(6-8-11)17-24-25-19(26(17)22)29-9-14(27)23-18-15(16(21)28)12-3-1-2-4-13(12)30-18;1-4(2)3-5/h5-8H,1-4,9,22H2,(H2,21,28)(H,23,27);3H,1-2H3. The lowest BCUT2D eigenvalue weighted by molar-refractivity contribution is -0.116. The van der Waals surface area contributed by atoms with Crippen LogP contribution in [0.3, 0.4) is 0 Å². The molecule has 13 heteroatoms. The molecule has 0 spiro atoms. The average molecular weight is 536 g/mol. The van der Waals surface area contributed by atoms with Crippen LogP contribution in [0.5, 0.6) is 0 Å². The van der Waals surface area contributed by atoms with Crippen LogP contribution in [0.1, 0.15) is 33.6 Å². The van der Waals surface area contributed by atoms with Crippen LogP contribution in [-0.2, 0) is 22.4 Å². The molecular weight excluding hydrogens is 510 g/mol. The highest BCUT2D eigenvalue weighted by Crippen LogP contribution is 2.38. The third-order valence-corrected chi connectivity index (χ3v) is 7.38. The van der Waals surface area contributed by atoms with E-state index in [1.54, 1.807) is 38.4 Å². The van der Waals surface area contributed by atoms with Crippen molar-refractivity contribution >= 4 is 57.9 Å². The third kappa shape index (κ3) is 6.74. The minimum Gasteiger partial charge on any atom is -0.365 e. The van der Waals surface area contributed by atoms with Crippen LogP contribution < -0.4 is 16.9 Å². The summed E-state index contributed by atoms with van der Waals surface area (Å²) >= 11 is 8.50. The number of benzene rings is 1. The number of anilines is 1. The number of amides is 3. The molecule has 0 atom stereocenters. The highest BCUT2D eigenvalue weighted by atomic mass is 35.5. The van der Waals surface area contributed by atoms with E-state index in [9.17, 15) is 14.4 Å². The predicted octanol–water partition coefficient (Wildman–Crippen LogP) is 2.79. The molecule has 3 aromatic rings. The van der Waals surface area contributed by atoms with Gasteiger partial charge >= 0.3 is 0 Å². The van der Waals surface area contributed by atoms with E-state index >= 15 is 0 Å². The molecule has 0 saturated heterocycles. The minimum absolute atomic E-state index is 0.0662. The van der Waals surface area contributed by atoms with Crippen LogP contribution in [-0.4, -0.2) is 57.8 Å². The van der Waals surface area contributed by atoms with Gasteiger partial charge in [-0.1, -0.05) is 23.4 Å². The molecular formula is C22H26ClN7O3S2. The molecule has 2 heterocycles. The Kier molecular flexibility index (Phi) is 9.13. The van der Waals surface area contributed by atoms with Crippen LogP contribution in [0.15, 0.2) is 29.4 Å². The molecule has 1 aliphatic carbocycles. The van der Waals surface area contributed by atoms with Gasteiger partial charge in [-0.05, 0) is 55.5 Å². The van der Waals surface area contributed by atoms with Crippen molar-refractivity contribution in [3.8, 4) is 11.4 Å². The van der Waals surface area contributed by atoms with Crippen molar-refractivity contribution in [2.75, 3.05) is 31.0 Å². The molecule has 0 saturated carbocycles. The summed E-state index contributed by atoms with van der Waals surface area (Å²) in [5.74, 6) is 5.85. The molecule has 0 fully saturated rings. The average Bonchev–Trinajstić information content (AvgIpc) is 3.38. The van der Waals surface area contributed by atoms with Crippen molar-refractivity contribution in [1.29, 1.82) is 0 Å². The Morgan fingerprint density at radius 2 is 1.89 bits per heavy atom. The lowest BCUT2D eigenvalue weighted by Gasteiger charge is -2.11. The van der Waals surface area contributed by atoms with E-state index in [2.05, 4.69) is 15.5 Å². The highest BCUT2D eigenvalue weighted by Gasteiger charge is 2.25. The maximum Gasteiger partial charge on any atom is 0.251 e. The lowest BCUT2D eigenvalue weighted by Crippen LogP contribution is -2.20. The van der Waals surface area contributed by atoms with Crippen LogP contribution in [0.2, 0.25) is 5.02 Å². The van der Waals surface area contributed by atoms with E-state index in [0.717, 1.165) is 59.9 Å². The largest absolute Gasteiger partial charge is 0.365 e. The van der Waals surface area contributed by atoms with Gasteiger partial charge in [-0.3, -0.25) is 14.4 Å². The zero-order chi connectivity index (χ0) is 25.5. The number of aromatic nitrogens is 3. The number of hydrogen-bond donors (Lipinski definition) is 3. The number of thiophene rings is 1. The number of rotatable bonds is 7. The van der Waals surface area contributed by atoms with Crippen LogP contribution in [0.25, 0.3) is 11.4 Å². The Morgan fingerprint density at radius 1 is 1.23 bits per heavy atom. The molecule has 186 valence electrons. The topological polar surface area (TPSA) is 149 Å². The summed E-state index contributed by atoms with van der Waals surface area (Å²) in [5.41, 5.74) is 7.77. The zero-order valence-corrected chi connectivity index (χ0v) is 21.7. The normalized spacial score (nSPS) is 12.2. The Hall–Kier alpha value is -3.09. The first kappa shape index (κ1) is 26.5. The van der Waals surface area contributed by atoms with Crippen LogP contribution >= 0.6 is 34.7 Å². The van der Waals surface area contributed by atoms with Gasteiger partial charge < -0.3 is 21.8 Å². The summed E-state index contributed by atoms with van der Waals surface area (Å²) in [5, 5.41) is 12.5. The molecule has 1 aliphatic rings. The van der Waals surface area contributed by atoms with Gasteiger partial charge in [-0.2, -0.15) is 0 Å². The number of carbonyl (C=O) groups is 3. The van der Waals surface area contributed by atoms with Crippen LogP contribution in [0, 0.1) is 0 Å². The Labute approximate surface area is 216 Å². The number of nitrogens with one attached hydrogen (secondary N) is 1. The summed E-state index contributed by atoms with van der Waals surface area (Å²) in [6.07, 6.45) is 4.58. The van der Waals surface area contributed by atoms with E-state index in [1.165, 1.54) is 20.9 Å². The molecule has 0 unspecified atom stereocenters. The number of nitrogens with two attached hydrogens (primary N) is 2. The molecule has 3 amide bonds. The smallest absolute Gasteiger partial charge is 0.251 e. The fourth-order valence-electron chi connectivity index (χ4n) is 3.38. The predicted molar refractivity (Wildman–Crippen MR) is 139 cm³/mol. The summed E-state index contributed by atoms with van der Waals surface area (Å²) in [4.78, 5) is 36.5. The Bertz CT molecular complexity index is 1210. The number of hydrogen-bond acceptors (Lipinski definition) is 8. The van der Waals surface area contributed by atoms with Crippen molar-refractivity contribution in [3.05, 3.63) is 45.3 Å². The first-order chi connectivity index (χ1) is 16.7. The highest BCUT2D eigenvalue weighted by molar-refractivity contribution is 7.99. The number of halogens is 1. The molecule has 35 heavy (non-hydrogen) atoms. The maximum atomic E-state index is 12.5. The second-order valence-electron chi connectivity index (χ2n) is 7.87. The van der Waals surface area contributed by atoms with Gasteiger partial charge in [0.2, 0.25) is 17.5 Å². The molecule has 2 aromatic heterocycles. The maximum absolute atomic E-state index is 12.5. The minimum atomic E-state index is -0.508. The van der Waals surface area contributed by atoms with E-state index in [-0.39, 0.29) is 11.7 Å². The SMILES string of the molecule is CN(C)C=O.NC(=O)c1c(NC(=O)CSc2nnc(-c3ccc(Cl)cc3)n2N)sc2c1CCCC2. The van der Waals surface area contributed by atoms with Gasteiger partial charge in [0.25, 0.3) is 5.91 Å². The molecule has 5 N–H and O–H groups in total. The lowest BCUT2D eigenvalue weighted by atomic mass is 9.95. The molecule has 10 nitrogen and oxygen atoms in total. The van der Waals surface area contributed by atoms with Crippen LogP contribution in [0.4, 0.5) is 5.00 Å². The summed E-state index contributed by atoms with van der Waals surface area (Å²) < 4.78 is 1.33. The number of nitrogens with zero attached hydrogens (tertiary/aromatic N) is 4. The Morgan fingerprint density at radius 3 is 2.51 bits per heavy atom. The van der Waals surface area contributed by atoms with Gasteiger partial charge in [0.1, 0.15) is 5.00 Å². The number of thioether (sulfide) groups is 1. The second kappa shape index (κ2) is 12.0. The van der Waals surface area contributed by atoms with E-state index in [1.807, 2.05) is 0 Å². The second-order valence-corrected chi connectivity index (χ2v) is 10.4. The van der Waals surface area contributed by atoms with E-state index in [0.29, 0.717) is 26.6 Å². The quantitative estimate of drug-likeness (QED) is 0.239. The van der Waals surface area contributed by atoms with Gasteiger partial charge in [0.05, 0.1) is 11.3 Å². The fraction of sp³-hybridized carbons (Fsp3) is 0.318. The molecule has 4 rings (SSSR count). The zero-order valence-electron chi connectivity index (χ0n) is 19.3. The number of nitrogen functional groups attached to an aromatic ring is 1. The first-order valence-corrected chi connectivity index (χ1v) is 12.8. The van der Waals surface area contributed by atoms with Gasteiger partial charge in [0.15, 0.2) is 5.82 Å². The molecule has 0 aliphatic heterocycles. The monoisotopic (exact) mass is 535 g/mol. The van der Waals surface area contributed by atoms with Crippen molar-refractivity contribution in [1.82, 2.24) is 19.8 Å². The molecule has 1 aromatic carbocycles. The van der Waals surface area contributed by atoms with Gasteiger partial charge in [-0.25, -0.2) is 4.68 Å². The van der Waals surface area contributed by atoms with Crippen molar-refractivity contribution in [3.63, 3.8) is 0 Å². The van der Waals surface area contributed by atoms with E-state index in [4.69, 9.17) is 23.2 Å². The van der Waals surface area contributed by atoms with E-state index < -0.39 is 5.91 Å². The van der Waals surface area contributed by atoms with Gasteiger partial charge in [0, 0.05) is 29.6 Å². The number of fused-ring (bicyclic) bond motifs is 1. The first-order valence-electron chi connectivity index (χ1n) is 10.7. The fourth-order valence-corrected chi connectivity index (χ4v) is 5.47. The number of primary amides is 1. The van der Waals surface area contributed by atoms with Crippen molar-refractivity contribution in [2.45, 2.75) is 30.8 Å². The van der Waals surface area contributed by atoms with Crippen molar-refractivity contribution in [2.24, 2.45) is 5.73 Å². The Balaban J connectivity index is 0.000000623. The number of carbonyl (C=O) groups excluding carboxylic acids is 3. The molecule has 0 radical (unpaired) electrons. The summed E-state index contributed by atoms with van der Waals surface area (Å²) in [7, 11) is 3.38. The third-order valence-electron chi connectivity index (χ3n) is 4.98. The summed E-state index contributed by atoms with van der Waals surface area (Å²) in [6, 6.07) is 7.06. The molecule has 0 bridgehead atoms. The van der Waals surface area contributed by atoms with Crippen molar-refractivity contribution < 1.29 is 14.4 Å². The summed E-state index contributed by atoms with van der Waals surface area (Å²) in [6.45, 7) is 0. The van der Waals surface area contributed by atoms with Gasteiger partial charge in [-0.15, -0.1) is 21.5 Å².